The Morgan fingerprint density at radius 3 is 2.84 bits per heavy atom. The molecule has 0 atom stereocenters. The van der Waals surface area contributed by atoms with Crippen molar-refractivity contribution in [3.8, 4) is 22.7 Å². The third-order valence-electron chi connectivity index (χ3n) is 5.69. The molecule has 0 aromatic carbocycles. The highest BCUT2D eigenvalue weighted by atomic mass is 16.3. The summed E-state index contributed by atoms with van der Waals surface area (Å²) in [6.07, 6.45) is 9.01. The summed E-state index contributed by atoms with van der Waals surface area (Å²) in [5.74, 6) is 0.447. The molecule has 1 aliphatic rings. The van der Waals surface area contributed by atoms with E-state index < -0.39 is 0 Å². The number of H-pyrrole nitrogens is 1. The number of amides is 1. The van der Waals surface area contributed by atoms with Crippen molar-refractivity contribution in [2.75, 3.05) is 19.4 Å². The van der Waals surface area contributed by atoms with Crippen molar-refractivity contribution in [3.63, 3.8) is 0 Å². The molecule has 2 N–H and O–H groups in total. The minimum Gasteiger partial charge on any atom is -0.451 e. The van der Waals surface area contributed by atoms with Crippen LogP contribution in [0, 0.1) is 0 Å². The van der Waals surface area contributed by atoms with Crippen LogP contribution < -0.4 is 5.32 Å². The summed E-state index contributed by atoms with van der Waals surface area (Å²) < 4.78 is 7.66. The normalized spacial score (nSPS) is 18.2. The largest absolute Gasteiger partial charge is 0.451 e. The maximum absolute atomic E-state index is 12.9. The number of hydrogen-bond donors (Lipinski definition) is 2. The van der Waals surface area contributed by atoms with Gasteiger partial charge in [-0.05, 0) is 51.2 Å². The molecule has 0 unspecified atom stereocenters. The fraction of sp³-hybridized carbons (Fsp3) is 0.273. The summed E-state index contributed by atoms with van der Waals surface area (Å²) in [6, 6.07) is 9.89. The second-order valence-corrected chi connectivity index (χ2v) is 7.93. The molecule has 0 aliphatic heterocycles. The number of aromatic nitrogens is 5. The zero-order valence-electron chi connectivity index (χ0n) is 17.3. The fourth-order valence-electron chi connectivity index (χ4n) is 3.74. The van der Waals surface area contributed by atoms with Crippen LogP contribution in [0.15, 0.2) is 59.5 Å². The van der Waals surface area contributed by atoms with Crippen LogP contribution in [0.25, 0.3) is 22.7 Å². The Morgan fingerprint density at radius 1 is 1.26 bits per heavy atom. The lowest BCUT2D eigenvalue weighted by molar-refractivity contribution is 0.0997. The Kier molecular flexibility index (Phi) is 4.87. The van der Waals surface area contributed by atoms with Crippen LogP contribution in [0.4, 0.5) is 5.69 Å². The van der Waals surface area contributed by atoms with Crippen molar-refractivity contribution in [1.29, 1.82) is 0 Å². The first-order chi connectivity index (χ1) is 15.1. The Balaban J connectivity index is 1.40. The van der Waals surface area contributed by atoms with Crippen LogP contribution in [0.3, 0.4) is 0 Å². The van der Waals surface area contributed by atoms with E-state index in [1.165, 1.54) is 0 Å². The molecule has 1 fully saturated rings. The molecule has 1 amide bonds. The van der Waals surface area contributed by atoms with Crippen LogP contribution in [-0.4, -0.2) is 55.9 Å². The van der Waals surface area contributed by atoms with E-state index in [0.29, 0.717) is 34.9 Å². The lowest BCUT2D eigenvalue weighted by atomic mass is 9.86. The molecular formula is C22H23N7O2. The van der Waals surface area contributed by atoms with Gasteiger partial charge >= 0.3 is 0 Å². The molecule has 5 rings (SSSR count). The molecule has 31 heavy (non-hydrogen) atoms. The van der Waals surface area contributed by atoms with E-state index in [1.54, 1.807) is 30.7 Å². The van der Waals surface area contributed by atoms with Gasteiger partial charge in [-0.25, -0.2) is 0 Å². The van der Waals surface area contributed by atoms with Gasteiger partial charge in [0.25, 0.3) is 5.91 Å². The van der Waals surface area contributed by atoms with Crippen LogP contribution in [0.2, 0.25) is 0 Å². The number of rotatable bonds is 6. The molecule has 9 nitrogen and oxygen atoms in total. The van der Waals surface area contributed by atoms with Crippen LogP contribution in [-0.2, 0) is 0 Å². The predicted octanol–water partition coefficient (Wildman–Crippen LogP) is 3.45. The Morgan fingerprint density at radius 2 is 2.13 bits per heavy atom. The van der Waals surface area contributed by atoms with Gasteiger partial charge in [0, 0.05) is 24.6 Å². The molecule has 9 heteroatoms. The first-order valence-electron chi connectivity index (χ1n) is 10.2. The number of carbonyl (C=O) groups is 1. The quantitative estimate of drug-likeness (QED) is 0.498. The van der Waals surface area contributed by atoms with Gasteiger partial charge in [0.2, 0.25) is 0 Å². The molecule has 1 aliphatic carbocycles. The van der Waals surface area contributed by atoms with Gasteiger partial charge < -0.3 is 14.6 Å². The van der Waals surface area contributed by atoms with E-state index >= 15 is 0 Å². The van der Waals surface area contributed by atoms with E-state index in [4.69, 9.17) is 9.52 Å². The number of anilines is 1. The Labute approximate surface area is 179 Å². The van der Waals surface area contributed by atoms with Crippen molar-refractivity contribution in [2.45, 2.75) is 24.9 Å². The third-order valence-corrected chi connectivity index (χ3v) is 5.69. The third kappa shape index (κ3) is 3.75. The highest BCUT2D eigenvalue weighted by molar-refractivity contribution is 6.04. The molecule has 4 aromatic heterocycles. The van der Waals surface area contributed by atoms with E-state index in [0.717, 1.165) is 18.4 Å². The summed E-state index contributed by atoms with van der Waals surface area (Å²) in [5.41, 5.74) is 2.74. The van der Waals surface area contributed by atoms with Crippen molar-refractivity contribution < 1.29 is 9.21 Å². The van der Waals surface area contributed by atoms with Crippen LogP contribution >= 0.6 is 0 Å². The Hall–Kier alpha value is -3.72. The number of furan rings is 1. The van der Waals surface area contributed by atoms with Crippen molar-refractivity contribution in [1.82, 2.24) is 29.9 Å². The summed E-state index contributed by atoms with van der Waals surface area (Å²) >= 11 is 0. The average Bonchev–Trinajstić information content (AvgIpc) is 3.48. The second-order valence-electron chi connectivity index (χ2n) is 7.93. The lowest BCUT2D eigenvalue weighted by Crippen LogP contribution is -2.41. The predicted molar refractivity (Wildman–Crippen MR) is 115 cm³/mol. The van der Waals surface area contributed by atoms with E-state index in [2.05, 4.69) is 39.5 Å². The van der Waals surface area contributed by atoms with E-state index in [9.17, 15) is 4.79 Å². The smallest absolute Gasteiger partial charge is 0.291 e. The fourth-order valence-corrected chi connectivity index (χ4v) is 3.74. The first-order valence-corrected chi connectivity index (χ1v) is 10.2. The molecule has 1 saturated carbocycles. The standard InChI is InChI=1S/C22H23N7O2/c1-28(2)15-9-16(10-15)29-13-18(21(27-29)17-5-3-4-8-23-17)26-22(30)20-7-6-19(31-20)14-11-24-25-12-14/h3-8,11-13,15-16H,9-10H2,1-2H3,(H,24,25)(H,26,30)/t15-,16-. The van der Waals surface area contributed by atoms with Gasteiger partial charge in [-0.1, -0.05) is 6.07 Å². The van der Waals surface area contributed by atoms with Gasteiger partial charge in [0.15, 0.2) is 5.76 Å². The van der Waals surface area contributed by atoms with E-state index in [1.807, 2.05) is 29.1 Å². The van der Waals surface area contributed by atoms with Gasteiger partial charge in [0.1, 0.15) is 11.5 Å². The number of nitrogens with one attached hydrogen (secondary N) is 2. The molecule has 4 aromatic rings. The summed E-state index contributed by atoms with van der Waals surface area (Å²) in [7, 11) is 4.19. The highest BCUT2D eigenvalue weighted by Crippen LogP contribution is 2.37. The van der Waals surface area contributed by atoms with Gasteiger partial charge in [-0.3, -0.25) is 19.6 Å². The summed E-state index contributed by atoms with van der Waals surface area (Å²) in [4.78, 5) is 19.5. The van der Waals surface area contributed by atoms with E-state index in [-0.39, 0.29) is 11.7 Å². The molecule has 158 valence electrons. The van der Waals surface area contributed by atoms with Gasteiger partial charge in [0.05, 0.1) is 29.2 Å². The highest BCUT2D eigenvalue weighted by Gasteiger charge is 2.33. The number of carbonyl (C=O) groups excluding carboxylic acids is 1. The van der Waals surface area contributed by atoms with Crippen LogP contribution in [0.1, 0.15) is 29.4 Å². The van der Waals surface area contributed by atoms with Gasteiger partial charge in [-0.2, -0.15) is 10.2 Å². The number of aromatic amines is 1. The first kappa shape index (κ1) is 19.3. The summed E-state index contributed by atoms with van der Waals surface area (Å²) in [5, 5.41) is 14.4. The maximum atomic E-state index is 12.9. The molecule has 0 spiro atoms. The Bertz CT molecular complexity index is 1170. The van der Waals surface area contributed by atoms with Crippen molar-refractivity contribution >= 4 is 11.6 Å². The number of hydrogen-bond acceptors (Lipinski definition) is 6. The molecule has 0 saturated heterocycles. The molecule has 0 radical (unpaired) electrons. The number of nitrogens with zero attached hydrogens (tertiary/aromatic N) is 5. The molecule has 4 heterocycles. The SMILES string of the molecule is CN(C)[C@H]1C[C@H](n2cc(NC(=O)c3ccc(-c4cn[nH]c4)o3)c(-c3ccccn3)n2)C1. The second kappa shape index (κ2) is 7.84. The average molecular weight is 417 g/mol. The zero-order valence-corrected chi connectivity index (χ0v) is 17.3. The lowest BCUT2D eigenvalue weighted by Gasteiger charge is -2.39. The minimum atomic E-state index is -0.341. The number of pyridine rings is 1. The summed E-state index contributed by atoms with van der Waals surface area (Å²) in [6.45, 7) is 0. The molecular weight excluding hydrogens is 394 g/mol. The maximum Gasteiger partial charge on any atom is 0.291 e. The monoisotopic (exact) mass is 417 g/mol. The minimum absolute atomic E-state index is 0.215. The van der Waals surface area contributed by atoms with Crippen LogP contribution in [0.5, 0.6) is 0 Å². The molecule has 0 bridgehead atoms. The zero-order chi connectivity index (χ0) is 21.4. The van der Waals surface area contributed by atoms with Crippen molar-refractivity contribution in [2.24, 2.45) is 0 Å². The van der Waals surface area contributed by atoms with Gasteiger partial charge in [-0.15, -0.1) is 0 Å². The topological polar surface area (TPSA) is 105 Å². The van der Waals surface area contributed by atoms with Crippen molar-refractivity contribution in [3.05, 3.63) is 60.9 Å².